The maximum Gasteiger partial charge on any atom is 0.224 e. The van der Waals surface area contributed by atoms with Gasteiger partial charge in [0.05, 0.1) is 7.11 Å². The van der Waals surface area contributed by atoms with Gasteiger partial charge < -0.3 is 10.1 Å². The number of amides is 1. The quantitative estimate of drug-likeness (QED) is 0.848. The van der Waals surface area contributed by atoms with Gasteiger partial charge in [-0.3, -0.25) is 4.79 Å². The SMILES string of the molecule is COc1ccc(CCCC(=O)Nc2cccc(C)c2C)cc1C. The molecule has 3 heteroatoms. The lowest BCUT2D eigenvalue weighted by Crippen LogP contribution is -2.12. The van der Waals surface area contributed by atoms with E-state index in [1.807, 2.05) is 32.0 Å². The second-order valence-corrected chi connectivity index (χ2v) is 5.95. The zero-order chi connectivity index (χ0) is 16.8. The number of methoxy groups -OCH3 is 1. The molecule has 2 rings (SSSR count). The van der Waals surface area contributed by atoms with Crippen molar-refractivity contribution in [2.75, 3.05) is 12.4 Å². The maximum atomic E-state index is 12.1. The lowest BCUT2D eigenvalue weighted by atomic mass is 10.0. The Balaban J connectivity index is 1.85. The number of anilines is 1. The molecule has 0 spiro atoms. The second-order valence-electron chi connectivity index (χ2n) is 5.95. The van der Waals surface area contributed by atoms with Gasteiger partial charge in [-0.2, -0.15) is 0 Å². The van der Waals surface area contributed by atoms with Gasteiger partial charge in [0.1, 0.15) is 5.75 Å². The predicted molar refractivity (Wildman–Crippen MR) is 95.2 cm³/mol. The number of ether oxygens (including phenoxy) is 1. The third kappa shape index (κ3) is 4.59. The van der Waals surface area contributed by atoms with Crippen molar-refractivity contribution in [3.63, 3.8) is 0 Å². The van der Waals surface area contributed by atoms with Gasteiger partial charge in [-0.1, -0.05) is 24.3 Å². The van der Waals surface area contributed by atoms with Crippen LogP contribution in [0.1, 0.15) is 35.1 Å². The largest absolute Gasteiger partial charge is 0.496 e. The van der Waals surface area contributed by atoms with Crippen molar-refractivity contribution in [2.45, 2.75) is 40.0 Å². The van der Waals surface area contributed by atoms with Crippen molar-refractivity contribution in [3.05, 3.63) is 58.7 Å². The van der Waals surface area contributed by atoms with Crippen molar-refractivity contribution in [1.82, 2.24) is 0 Å². The number of hydrogen-bond donors (Lipinski definition) is 1. The van der Waals surface area contributed by atoms with Crippen LogP contribution in [0, 0.1) is 20.8 Å². The predicted octanol–water partition coefficient (Wildman–Crippen LogP) is 4.58. The Morgan fingerprint density at radius 1 is 1.09 bits per heavy atom. The summed E-state index contributed by atoms with van der Waals surface area (Å²) in [5, 5.41) is 3.01. The molecule has 0 aromatic heterocycles. The highest BCUT2D eigenvalue weighted by molar-refractivity contribution is 5.91. The zero-order valence-electron chi connectivity index (χ0n) is 14.4. The first-order chi connectivity index (χ1) is 11.0. The molecule has 0 aliphatic heterocycles. The molecular formula is C20H25NO2. The number of benzene rings is 2. The van der Waals surface area contributed by atoms with E-state index in [1.54, 1.807) is 7.11 Å². The molecule has 1 N–H and O–H groups in total. The lowest BCUT2D eigenvalue weighted by molar-refractivity contribution is -0.116. The Morgan fingerprint density at radius 3 is 2.57 bits per heavy atom. The van der Waals surface area contributed by atoms with E-state index in [9.17, 15) is 4.79 Å². The Morgan fingerprint density at radius 2 is 1.87 bits per heavy atom. The fourth-order valence-electron chi connectivity index (χ4n) is 2.65. The topological polar surface area (TPSA) is 38.3 Å². The molecule has 0 heterocycles. The van der Waals surface area contributed by atoms with Crippen LogP contribution in [0.25, 0.3) is 0 Å². The second kappa shape index (κ2) is 7.82. The van der Waals surface area contributed by atoms with Crippen molar-refractivity contribution >= 4 is 11.6 Å². The van der Waals surface area contributed by atoms with Gasteiger partial charge >= 0.3 is 0 Å². The fraction of sp³-hybridized carbons (Fsp3) is 0.350. The van der Waals surface area contributed by atoms with Crippen molar-refractivity contribution < 1.29 is 9.53 Å². The molecule has 2 aromatic rings. The van der Waals surface area contributed by atoms with E-state index in [4.69, 9.17) is 4.74 Å². The van der Waals surface area contributed by atoms with Gasteiger partial charge in [0.15, 0.2) is 0 Å². The molecule has 3 nitrogen and oxygen atoms in total. The monoisotopic (exact) mass is 311 g/mol. The summed E-state index contributed by atoms with van der Waals surface area (Å²) in [5.74, 6) is 0.977. The summed E-state index contributed by atoms with van der Waals surface area (Å²) < 4.78 is 5.27. The van der Waals surface area contributed by atoms with Crippen LogP contribution < -0.4 is 10.1 Å². The first kappa shape index (κ1) is 17.1. The van der Waals surface area contributed by atoms with Crippen LogP contribution in [0.3, 0.4) is 0 Å². The molecule has 0 atom stereocenters. The first-order valence-electron chi connectivity index (χ1n) is 8.01. The van der Waals surface area contributed by atoms with Gasteiger partial charge in [0, 0.05) is 12.1 Å². The summed E-state index contributed by atoms with van der Waals surface area (Å²) in [6.07, 6.45) is 2.26. The molecule has 23 heavy (non-hydrogen) atoms. The Bertz CT molecular complexity index is 692. The molecule has 0 saturated heterocycles. The molecule has 0 aliphatic rings. The normalized spacial score (nSPS) is 10.4. The molecule has 0 unspecified atom stereocenters. The molecule has 0 fully saturated rings. The van der Waals surface area contributed by atoms with Crippen LogP contribution in [0.5, 0.6) is 5.75 Å². The molecule has 1 amide bonds. The van der Waals surface area contributed by atoms with Crippen molar-refractivity contribution in [2.24, 2.45) is 0 Å². The third-order valence-corrected chi connectivity index (χ3v) is 4.21. The fourth-order valence-corrected chi connectivity index (χ4v) is 2.65. The van der Waals surface area contributed by atoms with Crippen LogP contribution >= 0.6 is 0 Å². The van der Waals surface area contributed by atoms with E-state index in [-0.39, 0.29) is 5.91 Å². The lowest BCUT2D eigenvalue weighted by Gasteiger charge is -2.10. The van der Waals surface area contributed by atoms with Gasteiger partial charge in [-0.05, 0) is 68.0 Å². The van der Waals surface area contributed by atoms with E-state index < -0.39 is 0 Å². The van der Waals surface area contributed by atoms with Crippen LogP contribution in [0.4, 0.5) is 5.69 Å². The number of carbonyl (C=O) groups is 1. The number of rotatable bonds is 6. The molecule has 122 valence electrons. The minimum absolute atomic E-state index is 0.0731. The summed E-state index contributed by atoms with van der Waals surface area (Å²) in [6, 6.07) is 12.2. The molecule has 0 bridgehead atoms. The number of nitrogens with one attached hydrogen (secondary N) is 1. The number of carbonyl (C=O) groups excluding carboxylic acids is 1. The van der Waals surface area contributed by atoms with E-state index in [1.165, 1.54) is 11.1 Å². The highest BCUT2D eigenvalue weighted by Gasteiger charge is 2.06. The minimum atomic E-state index is 0.0731. The summed E-state index contributed by atoms with van der Waals surface area (Å²) in [4.78, 5) is 12.1. The molecule has 2 aromatic carbocycles. The summed E-state index contributed by atoms with van der Waals surface area (Å²) in [6.45, 7) is 6.12. The molecule has 0 radical (unpaired) electrons. The first-order valence-corrected chi connectivity index (χ1v) is 8.01. The van der Waals surface area contributed by atoms with Crippen LogP contribution in [-0.2, 0) is 11.2 Å². The average Bonchev–Trinajstić information content (AvgIpc) is 2.52. The van der Waals surface area contributed by atoms with Gasteiger partial charge in [-0.15, -0.1) is 0 Å². The minimum Gasteiger partial charge on any atom is -0.496 e. The van der Waals surface area contributed by atoms with Gasteiger partial charge in [0.2, 0.25) is 5.91 Å². The smallest absolute Gasteiger partial charge is 0.224 e. The highest BCUT2D eigenvalue weighted by Crippen LogP contribution is 2.20. The van der Waals surface area contributed by atoms with E-state index >= 15 is 0 Å². The zero-order valence-corrected chi connectivity index (χ0v) is 14.4. The van der Waals surface area contributed by atoms with E-state index in [0.717, 1.165) is 35.4 Å². The van der Waals surface area contributed by atoms with E-state index in [0.29, 0.717) is 6.42 Å². The molecular weight excluding hydrogens is 286 g/mol. The maximum absolute atomic E-state index is 12.1. The van der Waals surface area contributed by atoms with Crippen LogP contribution in [-0.4, -0.2) is 13.0 Å². The third-order valence-electron chi connectivity index (χ3n) is 4.21. The van der Waals surface area contributed by atoms with E-state index in [2.05, 4.69) is 30.4 Å². The standard InChI is InChI=1S/C20H25NO2/c1-14-7-5-9-18(16(14)3)21-20(22)10-6-8-17-11-12-19(23-4)15(2)13-17/h5,7,9,11-13H,6,8,10H2,1-4H3,(H,21,22). The van der Waals surface area contributed by atoms with Crippen molar-refractivity contribution in [1.29, 1.82) is 0 Å². The summed E-state index contributed by atoms with van der Waals surface area (Å²) in [5.41, 5.74) is 5.60. The van der Waals surface area contributed by atoms with Crippen molar-refractivity contribution in [3.8, 4) is 5.75 Å². The van der Waals surface area contributed by atoms with Crippen LogP contribution in [0.15, 0.2) is 36.4 Å². The Labute approximate surface area is 138 Å². The molecule has 0 aliphatic carbocycles. The average molecular weight is 311 g/mol. The number of aryl methyl sites for hydroxylation is 3. The number of hydrogen-bond acceptors (Lipinski definition) is 2. The highest BCUT2D eigenvalue weighted by atomic mass is 16.5. The Hall–Kier alpha value is -2.29. The summed E-state index contributed by atoms with van der Waals surface area (Å²) >= 11 is 0. The van der Waals surface area contributed by atoms with Gasteiger partial charge in [-0.25, -0.2) is 0 Å². The van der Waals surface area contributed by atoms with Crippen LogP contribution in [0.2, 0.25) is 0 Å². The Kier molecular flexibility index (Phi) is 5.80. The van der Waals surface area contributed by atoms with Gasteiger partial charge in [0.25, 0.3) is 0 Å². The molecule has 0 saturated carbocycles. The summed E-state index contributed by atoms with van der Waals surface area (Å²) in [7, 11) is 1.68.